The molecule has 0 spiro atoms. The number of aryl methyl sites for hydroxylation is 1. The molecule has 2 unspecified atom stereocenters. The molecular weight excluding hydrogens is 493 g/mol. The third-order valence-electron chi connectivity index (χ3n) is 6.21. The fraction of sp³-hybridized carbons (Fsp3) is 0.762. The number of nitrogens with zero attached hydrogens (tertiary/aromatic N) is 5. The van der Waals surface area contributed by atoms with Crippen molar-refractivity contribution in [1.29, 1.82) is 0 Å². The molecule has 8 nitrogen and oxygen atoms in total. The van der Waals surface area contributed by atoms with Gasteiger partial charge in [0.15, 0.2) is 5.96 Å². The molecule has 2 fully saturated rings. The lowest BCUT2D eigenvalue weighted by Gasteiger charge is -2.27. The maximum atomic E-state index is 12.8. The molecule has 2 heterocycles. The SMILES string of the molecule is CN=C(NCC(c1cnn(C)c1)N(C)C)NC1CCN(C(=O)C2CCCCC2)C1.I. The van der Waals surface area contributed by atoms with Gasteiger partial charge in [-0.05, 0) is 33.4 Å². The number of hydrogen-bond donors (Lipinski definition) is 2. The monoisotopic (exact) mass is 531 g/mol. The number of carbonyl (C=O) groups is 1. The molecule has 3 rings (SSSR count). The summed E-state index contributed by atoms with van der Waals surface area (Å²) in [6.45, 7) is 2.35. The highest BCUT2D eigenvalue weighted by Crippen LogP contribution is 2.26. The van der Waals surface area contributed by atoms with Crippen LogP contribution in [0.15, 0.2) is 17.4 Å². The van der Waals surface area contributed by atoms with E-state index < -0.39 is 0 Å². The maximum absolute atomic E-state index is 12.8. The van der Waals surface area contributed by atoms with Crippen LogP contribution in [0.5, 0.6) is 0 Å². The lowest BCUT2D eigenvalue weighted by atomic mass is 9.88. The molecule has 2 atom stereocenters. The number of carbonyl (C=O) groups excluding carboxylic acids is 1. The summed E-state index contributed by atoms with van der Waals surface area (Å²) >= 11 is 0. The molecule has 1 aromatic heterocycles. The molecular formula is C21H38IN7O. The highest BCUT2D eigenvalue weighted by Gasteiger charge is 2.31. The minimum absolute atomic E-state index is 0. The first kappa shape index (κ1) is 24.9. The van der Waals surface area contributed by atoms with Gasteiger partial charge < -0.3 is 20.4 Å². The van der Waals surface area contributed by atoms with Crippen molar-refractivity contribution in [2.75, 3.05) is 40.8 Å². The van der Waals surface area contributed by atoms with Gasteiger partial charge in [0, 0.05) is 57.4 Å². The Kier molecular flexibility index (Phi) is 9.86. The molecule has 1 aliphatic heterocycles. The molecule has 0 aromatic carbocycles. The normalized spacial score (nSPS) is 21.4. The van der Waals surface area contributed by atoms with Crippen molar-refractivity contribution in [3.05, 3.63) is 18.0 Å². The number of halogens is 1. The molecule has 1 aliphatic carbocycles. The Balaban J connectivity index is 0.00000320. The van der Waals surface area contributed by atoms with Crippen LogP contribution in [0, 0.1) is 5.92 Å². The van der Waals surface area contributed by atoms with E-state index in [1.165, 1.54) is 24.8 Å². The van der Waals surface area contributed by atoms with E-state index >= 15 is 0 Å². The first-order valence-corrected chi connectivity index (χ1v) is 10.9. The number of aliphatic imine (C=N–C) groups is 1. The van der Waals surface area contributed by atoms with E-state index in [9.17, 15) is 4.79 Å². The van der Waals surface area contributed by atoms with Gasteiger partial charge in [-0.1, -0.05) is 19.3 Å². The molecule has 1 saturated carbocycles. The highest BCUT2D eigenvalue weighted by atomic mass is 127. The van der Waals surface area contributed by atoms with Gasteiger partial charge in [0.2, 0.25) is 5.91 Å². The van der Waals surface area contributed by atoms with E-state index in [2.05, 4.69) is 44.6 Å². The molecule has 0 radical (unpaired) electrons. The Morgan fingerprint density at radius 2 is 2.03 bits per heavy atom. The Morgan fingerprint density at radius 3 is 2.63 bits per heavy atom. The van der Waals surface area contributed by atoms with Gasteiger partial charge >= 0.3 is 0 Å². The number of likely N-dealkylation sites (N-methyl/N-ethyl adjacent to an activating group) is 1. The fourth-order valence-corrected chi connectivity index (χ4v) is 4.48. The standard InChI is InChI=1S/C21H37N7O.HI/c1-22-21(23-13-19(26(2)3)17-12-24-27(4)14-17)25-18-10-11-28(15-18)20(29)16-8-6-5-7-9-16;/h12,14,16,18-19H,5-11,13,15H2,1-4H3,(H2,22,23,25);1H. The summed E-state index contributed by atoms with van der Waals surface area (Å²) in [7, 11) is 7.87. The van der Waals surface area contributed by atoms with Crippen LogP contribution >= 0.6 is 24.0 Å². The van der Waals surface area contributed by atoms with Crippen LogP contribution in [0.2, 0.25) is 0 Å². The number of aromatic nitrogens is 2. The van der Waals surface area contributed by atoms with E-state index in [4.69, 9.17) is 0 Å². The second-order valence-corrected chi connectivity index (χ2v) is 8.63. The average Bonchev–Trinajstić information content (AvgIpc) is 3.36. The number of rotatable bonds is 6. The molecule has 2 N–H and O–H groups in total. The molecule has 30 heavy (non-hydrogen) atoms. The summed E-state index contributed by atoms with van der Waals surface area (Å²) in [4.78, 5) is 21.4. The van der Waals surface area contributed by atoms with Crippen molar-refractivity contribution in [3.63, 3.8) is 0 Å². The number of hydrogen-bond acceptors (Lipinski definition) is 4. The van der Waals surface area contributed by atoms with Crippen LogP contribution in [0.3, 0.4) is 0 Å². The van der Waals surface area contributed by atoms with Crippen LogP contribution in [0.4, 0.5) is 0 Å². The lowest BCUT2D eigenvalue weighted by Crippen LogP contribution is -2.47. The van der Waals surface area contributed by atoms with Gasteiger partial charge in [0.1, 0.15) is 0 Å². The summed E-state index contributed by atoms with van der Waals surface area (Å²) < 4.78 is 1.83. The van der Waals surface area contributed by atoms with Crippen LogP contribution < -0.4 is 10.6 Å². The van der Waals surface area contributed by atoms with Crippen molar-refractivity contribution in [1.82, 2.24) is 30.2 Å². The molecule has 1 aromatic rings. The zero-order chi connectivity index (χ0) is 20.8. The minimum Gasteiger partial charge on any atom is -0.354 e. The highest BCUT2D eigenvalue weighted by molar-refractivity contribution is 14.0. The molecule has 0 bridgehead atoms. The fourth-order valence-electron chi connectivity index (χ4n) is 4.48. The van der Waals surface area contributed by atoms with Crippen molar-refractivity contribution in [2.24, 2.45) is 18.0 Å². The van der Waals surface area contributed by atoms with Gasteiger partial charge in [-0.25, -0.2) is 0 Å². The Labute approximate surface area is 197 Å². The van der Waals surface area contributed by atoms with Gasteiger partial charge in [-0.15, -0.1) is 24.0 Å². The van der Waals surface area contributed by atoms with E-state index in [1.807, 2.05) is 24.1 Å². The summed E-state index contributed by atoms with van der Waals surface area (Å²) in [6, 6.07) is 0.458. The topological polar surface area (TPSA) is 77.8 Å². The third kappa shape index (κ3) is 6.57. The Hall–Kier alpha value is -1.36. The molecule has 170 valence electrons. The quantitative estimate of drug-likeness (QED) is 0.334. The predicted octanol–water partition coefficient (Wildman–Crippen LogP) is 1.99. The molecule has 2 aliphatic rings. The second kappa shape index (κ2) is 11.9. The first-order valence-electron chi connectivity index (χ1n) is 10.9. The zero-order valence-electron chi connectivity index (χ0n) is 18.8. The van der Waals surface area contributed by atoms with Crippen LogP contribution in [0.1, 0.15) is 50.1 Å². The summed E-state index contributed by atoms with van der Waals surface area (Å²) in [6.07, 6.45) is 10.7. The van der Waals surface area contributed by atoms with Gasteiger partial charge in [-0.3, -0.25) is 14.5 Å². The largest absolute Gasteiger partial charge is 0.354 e. The number of amides is 1. The number of likely N-dealkylation sites (tertiary alicyclic amines) is 1. The van der Waals surface area contributed by atoms with Gasteiger partial charge in [0.25, 0.3) is 0 Å². The number of nitrogens with one attached hydrogen (secondary N) is 2. The van der Waals surface area contributed by atoms with Crippen LogP contribution in [0.25, 0.3) is 0 Å². The van der Waals surface area contributed by atoms with E-state index in [-0.39, 0.29) is 42.0 Å². The van der Waals surface area contributed by atoms with Gasteiger partial charge in [-0.2, -0.15) is 5.10 Å². The van der Waals surface area contributed by atoms with Crippen molar-refractivity contribution >= 4 is 35.8 Å². The van der Waals surface area contributed by atoms with Crippen molar-refractivity contribution < 1.29 is 4.79 Å². The lowest BCUT2D eigenvalue weighted by molar-refractivity contribution is -0.135. The maximum Gasteiger partial charge on any atom is 0.225 e. The smallest absolute Gasteiger partial charge is 0.225 e. The average molecular weight is 531 g/mol. The number of guanidine groups is 1. The zero-order valence-corrected chi connectivity index (χ0v) is 21.1. The minimum atomic E-state index is 0. The molecule has 9 heteroatoms. The predicted molar refractivity (Wildman–Crippen MR) is 131 cm³/mol. The van der Waals surface area contributed by atoms with Crippen molar-refractivity contribution in [3.8, 4) is 0 Å². The van der Waals surface area contributed by atoms with Crippen molar-refractivity contribution in [2.45, 2.75) is 50.6 Å². The molecule has 1 amide bonds. The van der Waals surface area contributed by atoms with Gasteiger partial charge in [0.05, 0.1) is 12.2 Å². The Bertz CT molecular complexity index is 699. The van der Waals surface area contributed by atoms with E-state index in [0.29, 0.717) is 5.91 Å². The molecule has 1 saturated heterocycles. The Morgan fingerprint density at radius 1 is 1.30 bits per heavy atom. The third-order valence-corrected chi connectivity index (χ3v) is 6.21. The second-order valence-electron chi connectivity index (χ2n) is 8.63. The summed E-state index contributed by atoms with van der Waals surface area (Å²) in [5, 5.41) is 11.3. The summed E-state index contributed by atoms with van der Waals surface area (Å²) in [5.41, 5.74) is 1.17. The van der Waals surface area contributed by atoms with Crippen LogP contribution in [-0.4, -0.2) is 78.3 Å². The van der Waals surface area contributed by atoms with E-state index in [0.717, 1.165) is 44.9 Å². The van der Waals surface area contributed by atoms with E-state index in [1.54, 1.807) is 7.05 Å². The summed E-state index contributed by atoms with van der Waals surface area (Å²) in [5.74, 6) is 1.40. The first-order chi connectivity index (χ1) is 14.0. The van der Waals surface area contributed by atoms with Crippen LogP contribution in [-0.2, 0) is 11.8 Å².